The number of nitrogens with zero attached hydrogens (tertiary/aromatic N) is 1. The van der Waals surface area contributed by atoms with Gasteiger partial charge in [0, 0.05) is 34.2 Å². The fourth-order valence-corrected chi connectivity index (χ4v) is 2.91. The molecule has 3 rings (SSSR count). The first kappa shape index (κ1) is 19.2. The maximum atomic E-state index is 11.3. The Morgan fingerprint density at radius 2 is 1.72 bits per heavy atom. The monoisotopic (exact) mass is 405 g/mol. The van der Waals surface area contributed by atoms with E-state index in [0.29, 0.717) is 22.0 Å². The summed E-state index contributed by atoms with van der Waals surface area (Å²) >= 11 is 0. The van der Waals surface area contributed by atoms with Crippen molar-refractivity contribution in [3.8, 4) is 11.5 Å². The molecular weight excluding hydrogens is 393 g/mol. The molecule has 0 aromatic heterocycles. The molecule has 0 fully saturated rings. The van der Waals surface area contributed by atoms with E-state index in [1.54, 1.807) is 24.3 Å². The summed E-state index contributed by atoms with van der Waals surface area (Å²) in [4.78, 5) is 24.6. The zero-order chi connectivity index (χ0) is 17.3. The third kappa shape index (κ3) is 4.10. The molecule has 0 heterocycles. The summed E-state index contributed by atoms with van der Waals surface area (Å²) in [5.74, 6) is -0.0351. The average Bonchev–Trinajstić information content (AvgIpc) is 2.54. The van der Waals surface area contributed by atoms with Gasteiger partial charge in [0.25, 0.3) is 0 Å². The van der Waals surface area contributed by atoms with Crippen LogP contribution in [0.4, 0.5) is 5.69 Å². The normalized spacial score (nSPS) is 13.5. The van der Waals surface area contributed by atoms with Crippen LogP contribution < -0.4 is 10.2 Å². The topological polar surface area (TPSA) is 113 Å². The number of hydrogen-bond donors (Lipinski definition) is 3. The summed E-state index contributed by atoms with van der Waals surface area (Å²) in [5, 5.41) is 20.7. The van der Waals surface area contributed by atoms with Gasteiger partial charge in [0.15, 0.2) is 7.60 Å². The van der Waals surface area contributed by atoms with Crippen molar-refractivity contribution in [2.45, 2.75) is 0 Å². The van der Waals surface area contributed by atoms with Gasteiger partial charge in [-0.1, -0.05) is 24.3 Å². The van der Waals surface area contributed by atoms with E-state index in [1.165, 1.54) is 36.5 Å². The third-order valence-electron chi connectivity index (χ3n) is 3.56. The summed E-state index contributed by atoms with van der Waals surface area (Å²) in [6.45, 7) is 0. The van der Waals surface area contributed by atoms with E-state index in [4.69, 9.17) is 4.89 Å². The van der Waals surface area contributed by atoms with Crippen molar-refractivity contribution in [3.63, 3.8) is 0 Å². The van der Waals surface area contributed by atoms with Crippen LogP contribution in [0.5, 0.6) is 11.5 Å². The fourth-order valence-electron chi connectivity index (χ4n) is 2.35. The van der Waals surface area contributed by atoms with E-state index < -0.39 is 7.60 Å². The van der Waals surface area contributed by atoms with E-state index in [9.17, 15) is 19.7 Å². The van der Waals surface area contributed by atoms with Crippen LogP contribution in [0.15, 0.2) is 59.6 Å². The molecule has 0 saturated heterocycles. The van der Waals surface area contributed by atoms with Crippen LogP contribution in [0, 0.1) is 0 Å². The molecule has 3 N–H and O–H groups in total. The Bertz CT molecular complexity index is 999. The number of fused-ring (bicyclic) bond motifs is 1. The van der Waals surface area contributed by atoms with Crippen molar-refractivity contribution < 1.29 is 41.6 Å². The summed E-state index contributed by atoms with van der Waals surface area (Å²) in [6.07, 6.45) is 1.39. The first-order valence-corrected chi connectivity index (χ1v) is 8.56. The fraction of sp³-hybridized carbons (Fsp3) is 0. The van der Waals surface area contributed by atoms with Gasteiger partial charge in [0.05, 0.1) is 0 Å². The van der Waals surface area contributed by atoms with Crippen molar-refractivity contribution >= 4 is 35.6 Å². The van der Waals surface area contributed by atoms with Gasteiger partial charge in [0.1, 0.15) is 17.2 Å². The van der Waals surface area contributed by atoms with Gasteiger partial charge < -0.3 is 24.6 Å². The number of aromatic hydroxyl groups is 2. The third-order valence-corrected chi connectivity index (χ3v) is 4.49. The number of rotatable bonds is 3. The van der Waals surface area contributed by atoms with Gasteiger partial charge >= 0.3 is 0 Å². The molecule has 1 atom stereocenters. The van der Waals surface area contributed by atoms with Gasteiger partial charge in [0.2, 0.25) is 0 Å². The van der Waals surface area contributed by atoms with Crippen LogP contribution in [0.3, 0.4) is 0 Å². The zero-order valence-electron chi connectivity index (χ0n) is 12.6. The Morgan fingerprint density at radius 1 is 1.00 bits per heavy atom. The second-order valence-electron chi connectivity index (χ2n) is 5.17. The molecule has 0 aliphatic rings. The molecule has 0 amide bonds. The summed E-state index contributed by atoms with van der Waals surface area (Å²) in [7, 11) is -4.60. The molecule has 0 aliphatic heterocycles. The Hall–Kier alpha value is -2.14. The Morgan fingerprint density at radius 3 is 2.40 bits per heavy atom. The zero-order valence-corrected chi connectivity index (χ0v) is 14.5. The average molecular weight is 406 g/mol. The van der Waals surface area contributed by atoms with E-state index in [1.807, 2.05) is 0 Å². The first-order valence-electron chi connectivity index (χ1n) is 6.98. The minimum absolute atomic E-state index is 0. The molecule has 1 unspecified atom stereocenters. The van der Waals surface area contributed by atoms with E-state index in [2.05, 4.69) is 4.99 Å². The van der Waals surface area contributed by atoms with Crippen molar-refractivity contribution in [3.05, 3.63) is 60.2 Å². The van der Waals surface area contributed by atoms with Crippen molar-refractivity contribution in [1.82, 2.24) is 0 Å². The number of phenolic OH excluding ortho intramolecular Hbond substituents is 2. The quantitative estimate of drug-likeness (QED) is 0.351. The molecule has 8 heteroatoms. The predicted molar refractivity (Wildman–Crippen MR) is 90.4 cm³/mol. The van der Waals surface area contributed by atoms with Crippen LogP contribution in [-0.4, -0.2) is 21.3 Å². The Kier molecular flexibility index (Phi) is 5.68. The minimum Gasteiger partial charge on any atom is -0.775 e. The summed E-state index contributed by atoms with van der Waals surface area (Å²) < 4.78 is 11.3. The number of para-hydroxylation sites is 2. The van der Waals surface area contributed by atoms with Crippen LogP contribution in [0.25, 0.3) is 10.8 Å². The van der Waals surface area contributed by atoms with Crippen LogP contribution >= 0.6 is 7.60 Å². The van der Waals surface area contributed by atoms with Crippen molar-refractivity contribution in [2.75, 3.05) is 0 Å². The smallest absolute Gasteiger partial charge is 0.162 e. The van der Waals surface area contributed by atoms with Crippen molar-refractivity contribution in [2.24, 2.45) is 4.99 Å². The summed E-state index contributed by atoms with van der Waals surface area (Å²) in [6, 6.07) is 13.5. The molecule has 133 valence electrons. The SMILES string of the molecule is O=P([O-])(O)c1ccc2c(C=Nc3ccccc3O)c(O)ccc2c1.[Cu]. The van der Waals surface area contributed by atoms with Crippen molar-refractivity contribution in [1.29, 1.82) is 0 Å². The van der Waals surface area contributed by atoms with Crippen LogP contribution in [-0.2, 0) is 21.6 Å². The standard InChI is InChI=1S/C17H14NO5P.Cu/c19-16-8-5-11-9-12(24(21,22)23)6-7-13(11)14(16)10-18-15-3-1-2-4-17(15)20;/h1-10,19-20H,(H2,21,22,23);/p-1. The maximum Gasteiger partial charge on any atom is 0.162 e. The van der Waals surface area contributed by atoms with Gasteiger partial charge in [-0.3, -0.25) is 4.99 Å². The summed E-state index contributed by atoms with van der Waals surface area (Å²) in [5.41, 5.74) is 0.714. The Balaban J connectivity index is 0.00000225. The molecule has 3 aromatic rings. The second kappa shape index (κ2) is 7.40. The molecule has 0 aliphatic carbocycles. The molecule has 0 saturated carbocycles. The maximum absolute atomic E-state index is 11.3. The second-order valence-corrected chi connectivity index (χ2v) is 6.73. The molecule has 6 nitrogen and oxygen atoms in total. The van der Waals surface area contributed by atoms with Crippen LogP contribution in [0.2, 0.25) is 0 Å². The molecule has 0 bridgehead atoms. The molecular formula is C17H13CuNO5P-. The number of benzene rings is 3. The number of hydrogen-bond acceptors (Lipinski definition) is 5. The molecule has 0 spiro atoms. The largest absolute Gasteiger partial charge is 0.775 e. The number of aliphatic imine (C=N–C) groups is 1. The Labute approximate surface area is 154 Å². The van der Waals surface area contributed by atoms with Crippen LogP contribution in [0.1, 0.15) is 5.56 Å². The van der Waals surface area contributed by atoms with Gasteiger partial charge in [-0.05, 0) is 41.1 Å². The van der Waals surface area contributed by atoms with E-state index in [0.717, 1.165) is 0 Å². The molecule has 25 heavy (non-hydrogen) atoms. The molecule has 1 radical (unpaired) electrons. The minimum atomic E-state index is -4.60. The van der Waals surface area contributed by atoms with Gasteiger partial charge in [-0.15, -0.1) is 0 Å². The van der Waals surface area contributed by atoms with Gasteiger partial charge in [-0.2, -0.15) is 0 Å². The van der Waals surface area contributed by atoms with E-state index >= 15 is 0 Å². The first-order chi connectivity index (χ1) is 11.4. The predicted octanol–water partition coefficient (Wildman–Crippen LogP) is 2.17. The van der Waals surface area contributed by atoms with Gasteiger partial charge in [-0.25, -0.2) is 0 Å². The van der Waals surface area contributed by atoms with E-state index in [-0.39, 0.29) is 33.9 Å². The molecule has 3 aromatic carbocycles. The number of phenols is 2.